The number of nitrogens with one attached hydrogen (secondary N) is 1. The van der Waals surface area contributed by atoms with E-state index in [1.54, 1.807) is 19.4 Å². The van der Waals surface area contributed by atoms with Crippen LogP contribution >= 0.6 is 11.6 Å². The van der Waals surface area contributed by atoms with Gasteiger partial charge in [0.25, 0.3) is 11.6 Å². The third-order valence-electron chi connectivity index (χ3n) is 2.88. The maximum Gasteiger partial charge on any atom is 0.271 e. The van der Waals surface area contributed by atoms with Gasteiger partial charge < -0.3 is 10.6 Å². The number of nitro groups is 1. The number of non-ortho nitro benzene ring substituents is 1. The van der Waals surface area contributed by atoms with Crippen LogP contribution in [0.3, 0.4) is 0 Å². The largest absolute Gasteiger partial charge is 0.397 e. The predicted molar refractivity (Wildman–Crippen MR) is 76.9 cm³/mol. The summed E-state index contributed by atoms with van der Waals surface area (Å²) >= 11 is 5.84. The van der Waals surface area contributed by atoms with Crippen molar-refractivity contribution in [1.82, 2.24) is 15.1 Å². The van der Waals surface area contributed by atoms with Gasteiger partial charge in [0.15, 0.2) is 0 Å². The maximum absolute atomic E-state index is 12.4. The van der Waals surface area contributed by atoms with E-state index in [0.717, 1.165) is 17.7 Å². The first kappa shape index (κ1) is 14.8. The zero-order chi connectivity index (χ0) is 15.6. The lowest BCUT2D eigenvalue weighted by Gasteiger charge is -2.17. The first-order chi connectivity index (χ1) is 9.90. The van der Waals surface area contributed by atoms with Crippen molar-refractivity contribution in [2.75, 3.05) is 12.8 Å². The van der Waals surface area contributed by atoms with Gasteiger partial charge in [-0.1, -0.05) is 11.6 Å². The minimum Gasteiger partial charge on any atom is -0.397 e. The number of hydrogen-bond donors (Lipinski definition) is 2. The average molecular weight is 310 g/mol. The van der Waals surface area contributed by atoms with Crippen molar-refractivity contribution in [3.05, 3.63) is 50.8 Å². The van der Waals surface area contributed by atoms with Crippen LogP contribution in [0.25, 0.3) is 0 Å². The molecule has 0 saturated carbocycles. The van der Waals surface area contributed by atoms with Crippen molar-refractivity contribution in [3.63, 3.8) is 0 Å². The van der Waals surface area contributed by atoms with Gasteiger partial charge in [-0.05, 0) is 0 Å². The number of amides is 1. The highest BCUT2D eigenvalue weighted by Gasteiger charge is 2.21. The molecule has 110 valence electrons. The van der Waals surface area contributed by atoms with Crippen LogP contribution < -0.4 is 5.73 Å². The summed E-state index contributed by atoms with van der Waals surface area (Å²) < 4.78 is 0. The van der Waals surface area contributed by atoms with Crippen LogP contribution in [0.1, 0.15) is 15.9 Å². The first-order valence-electron chi connectivity index (χ1n) is 5.86. The monoisotopic (exact) mass is 309 g/mol. The van der Waals surface area contributed by atoms with Crippen molar-refractivity contribution in [1.29, 1.82) is 0 Å². The summed E-state index contributed by atoms with van der Waals surface area (Å²) in [5.41, 5.74) is 6.27. The Morgan fingerprint density at radius 1 is 1.57 bits per heavy atom. The highest BCUT2D eigenvalue weighted by molar-refractivity contribution is 6.34. The summed E-state index contributed by atoms with van der Waals surface area (Å²) in [5, 5.41) is 17.2. The molecule has 0 radical (unpaired) electrons. The number of H-pyrrole nitrogens is 1. The molecule has 1 aromatic heterocycles. The number of nitro benzene ring substituents is 1. The lowest BCUT2D eigenvalue weighted by atomic mass is 10.1. The summed E-state index contributed by atoms with van der Waals surface area (Å²) in [5.74, 6) is -0.459. The van der Waals surface area contributed by atoms with E-state index in [4.69, 9.17) is 17.3 Å². The molecule has 9 heteroatoms. The Morgan fingerprint density at radius 3 is 2.86 bits per heavy atom. The number of anilines is 1. The molecule has 0 aliphatic heterocycles. The molecule has 2 aromatic rings. The molecule has 0 unspecified atom stereocenters. The molecule has 21 heavy (non-hydrogen) atoms. The Morgan fingerprint density at radius 2 is 2.29 bits per heavy atom. The SMILES string of the molecule is CN(Cc1cn[nH]c1)C(=O)c1cc([N+](=O)[O-])cc(Cl)c1N. The molecule has 0 aliphatic rings. The number of rotatable bonds is 4. The third-order valence-corrected chi connectivity index (χ3v) is 3.19. The molecule has 0 atom stereocenters. The van der Waals surface area contributed by atoms with Crippen LogP contribution in [-0.4, -0.2) is 33.0 Å². The van der Waals surface area contributed by atoms with Gasteiger partial charge in [-0.3, -0.25) is 20.0 Å². The quantitative estimate of drug-likeness (QED) is 0.507. The minimum absolute atomic E-state index is 0.000180. The van der Waals surface area contributed by atoms with Gasteiger partial charge in [0, 0.05) is 37.5 Å². The van der Waals surface area contributed by atoms with Crippen LogP contribution in [0.2, 0.25) is 5.02 Å². The summed E-state index contributed by atoms with van der Waals surface area (Å²) in [6, 6.07) is 2.24. The van der Waals surface area contributed by atoms with Crippen LogP contribution in [0.15, 0.2) is 24.5 Å². The molecule has 1 amide bonds. The molecule has 0 aliphatic carbocycles. The van der Waals surface area contributed by atoms with Crippen molar-refractivity contribution in [2.24, 2.45) is 0 Å². The molecule has 3 N–H and O–H groups in total. The maximum atomic E-state index is 12.4. The van der Waals surface area contributed by atoms with Gasteiger partial charge in [-0.2, -0.15) is 5.10 Å². The number of nitrogens with two attached hydrogens (primary N) is 1. The summed E-state index contributed by atoms with van der Waals surface area (Å²) in [6.07, 6.45) is 3.22. The van der Waals surface area contributed by atoms with Gasteiger partial charge in [-0.15, -0.1) is 0 Å². The standard InChI is InChI=1S/C12H12ClN5O3/c1-17(6-7-4-15-16-5-7)12(19)9-2-8(18(20)21)3-10(13)11(9)14/h2-5H,6,14H2,1H3,(H,15,16). The molecule has 8 nitrogen and oxygen atoms in total. The summed E-state index contributed by atoms with van der Waals surface area (Å²) in [7, 11) is 1.56. The normalized spacial score (nSPS) is 10.4. The van der Waals surface area contributed by atoms with Crippen molar-refractivity contribution in [3.8, 4) is 0 Å². The van der Waals surface area contributed by atoms with E-state index < -0.39 is 10.8 Å². The highest BCUT2D eigenvalue weighted by atomic mass is 35.5. The Kier molecular flexibility index (Phi) is 4.08. The fourth-order valence-electron chi connectivity index (χ4n) is 1.80. The minimum atomic E-state index is -0.627. The van der Waals surface area contributed by atoms with Gasteiger partial charge in [0.05, 0.1) is 27.4 Å². The molecule has 0 saturated heterocycles. The Balaban J connectivity index is 2.31. The van der Waals surface area contributed by atoms with Crippen LogP contribution in [0.5, 0.6) is 0 Å². The fraction of sp³-hybridized carbons (Fsp3) is 0.167. The summed E-state index contributed by atoms with van der Waals surface area (Å²) in [6.45, 7) is 0.287. The second-order valence-electron chi connectivity index (χ2n) is 4.41. The number of benzene rings is 1. The average Bonchev–Trinajstić information content (AvgIpc) is 2.93. The van der Waals surface area contributed by atoms with E-state index in [-0.39, 0.29) is 28.5 Å². The number of nitrogens with zero attached hydrogens (tertiary/aromatic N) is 3. The fourth-order valence-corrected chi connectivity index (χ4v) is 2.01. The first-order valence-corrected chi connectivity index (χ1v) is 6.24. The molecular formula is C12H12ClN5O3. The number of carbonyl (C=O) groups is 1. The van der Waals surface area contributed by atoms with Gasteiger partial charge in [0.1, 0.15) is 0 Å². The lowest BCUT2D eigenvalue weighted by Crippen LogP contribution is -2.27. The van der Waals surface area contributed by atoms with E-state index in [1.165, 1.54) is 4.90 Å². The predicted octanol–water partition coefficient (Wildman–Crippen LogP) is 1.83. The van der Waals surface area contributed by atoms with Crippen molar-refractivity contribution < 1.29 is 9.72 Å². The number of halogens is 1. The molecule has 0 spiro atoms. The molecule has 1 heterocycles. The number of carbonyl (C=O) groups excluding carboxylic acids is 1. The second kappa shape index (κ2) is 5.80. The molecule has 0 fully saturated rings. The number of hydrogen-bond acceptors (Lipinski definition) is 5. The van der Waals surface area contributed by atoms with E-state index in [9.17, 15) is 14.9 Å². The van der Waals surface area contributed by atoms with Crippen LogP contribution in [0, 0.1) is 10.1 Å². The van der Waals surface area contributed by atoms with E-state index in [0.29, 0.717) is 0 Å². The lowest BCUT2D eigenvalue weighted by molar-refractivity contribution is -0.384. The van der Waals surface area contributed by atoms with E-state index in [1.807, 2.05) is 0 Å². The van der Waals surface area contributed by atoms with Crippen molar-refractivity contribution in [2.45, 2.75) is 6.54 Å². The van der Waals surface area contributed by atoms with E-state index >= 15 is 0 Å². The zero-order valence-corrected chi connectivity index (χ0v) is 11.8. The van der Waals surface area contributed by atoms with Gasteiger partial charge >= 0.3 is 0 Å². The Hall–Kier alpha value is -2.61. The van der Waals surface area contributed by atoms with Crippen LogP contribution in [-0.2, 0) is 6.54 Å². The Bertz CT molecular complexity index is 686. The van der Waals surface area contributed by atoms with Gasteiger partial charge in [-0.25, -0.2) is 0 Å². The Labute approximate surface area is 124 Å². The number of aromatic nitrogens is 2. The number of aromatic amines is 1. The molecule has 2 rings (SSSR count). The zero-order valence-electron chi connectivity index (χ0n) is 11.0. The highest BCUT2D eigenvalue weighted by Crippen LogP contribution is 2.29. The smallest absolute Gasteiger partial charge is 0.271 e. The molecular weight excluding hydrogens is 298 g/mol. The second-order valence-corrected chi connectivity index (χ2v) is 4.82. The topological polar surface area (TPSA) is 118 Å². The van der Waals surface area contributed by atoms with Crippen molar-refractivity contribution >= 4 is 28.9 Å². The molecule has 0 bridgehead atoms. The van der Waals surface area contributed by atoms with Crippen LogP contribution in [0.4, 0.5) is 11.4 Å². The van der Waals surface area contributed by atoms with Gasteiger partial charge in [0.2, 0.25) is 0 Å². The summed E-state index contributed by atoms with van der Waals surface area (Å²) in [4.78, 5) is 23.9. The number of nitrogen functional groups attached to an aromatic ring is 1. The van der Waals surface area contributed by atoms with E-state index in [2.05, 4.69) is 10.2 Å². The molecule has 1 aromatic carbocycles. The third kappa shape index (κ3) is 3.11.